The summed E-state index contributed by atoms with van der Waals surface area (Å²) in [6.45, 7) is 23.9. The topological polar surface area (TPSA) is 53.2 Å². The Kier molecular flexibility index (Phi) is 7.59. The average molecular weight is 590 g/mol. The highest BCUT2D eigenvalue weighted by Crippen LogP contribution is 2.77. The van der Waals surface area contributed by atoms with Gasteiger partial charge >= 0.3 is 5.97 Å². The van der Waals surface area contributed by atoms with E-state index in [1.54, 1.807) is 0 Å². The zero-order valence-corrected chi connectivity index (χ0v) is 28.6. The van der Waals surface area contributed by atoms with Gasteiger partial charge in [-0.15, -0.1) is 6.61 Å². The number of esters is 1. The highest BCUT2D eigenvalue weighted by molar-refractivity contribution is 5.68. The molecule has 6 rings (SSSR count). The zero-order valence-electron chi connectivity index (χ0n) is 28.6. The van der Waals surface area contributed by atoms with Gasteiger partial charge in [-0.25, -0.2) is 4.79 Å². The van der Waals surface area contributed by atoms with Crippen LogP contribution in [0.4, 0.5) is 0 Å². The van der Waals surface area contributed by atoms with Gasteiger partial charge in [0.15, 0.2) is 11.9 Å². The monoisotopic (exact) mass is 589 g/mol. The summed E-state index contributed by atoms with van der Waals surface area (Å²) in [4.78, 5) is 13.3. The number of rotatable bonds is 5. The Morgan fingerprint density at radius 1 is 0.953 bits per heavy atom. The predicted molar refractivity (Wildman–Crippen MR) is 170 cm³/mol. The van der Waals surface area contributed by atoms with E-state index in [4.69, 9.17) is 4.74 Å². The lowest BCUT2D eigenvalue weighted by Gasteiger charge is -2.73. The molecule has 5 saturated carbocycles. The molecule has 0 aromatic carbocycles. The van der Waals surface area contributed by atoms with Crippen molar-refractivity contribution in [1.82, 2.24) is 0 Å². The van der Waals surface area contributed by atoms with Gasteiger partial charge in [-0.3, -0.25) is 0 Å². The number of pyridine rings is 1. The molecule has 0 amide bonds. The second kappa shape index (κ2) is 10.4. The van der Waals surface area contributed by atoms with Crippen LogP contribution in [0.1, 0.15) is 117 Å². The molecular weight excluding hydrogens is 530 g/mol. The van der Waals surface area contributed by atoms with Crippen molar-refractivity contribution in [2.45, 2.75) is 132 Å². The fourth-order valence-electron chi connectivity index (χ4n) is 13.0. The Morgan fingerprint density at radius 2 is 1.70 bits per heavy atom. The molecule has 0 N–H and O–H groups in total. The molecule has 43 heavy (non-hydrogen) atoms. The van der Waals surface area contributed by atoms with E-state index in [0.29, 0.717) is 29.6 Å². The molecule has 238 valence electrons. The summed E-state index contributed by atoms with van der Waals surface area (Å²) in [7, 11) is 0. The van der Waals surface area contributed by atoms with Gasteiger partial charge in [0, 0.05) is 24.5 Å². The third-order valence-electron chi connectivity index (χ3n) is 15.4. The Morgan fingerprint density at radius 3 is 2.37 bits per heavy atom. The summed E-state index contributed by atoms with van der Waals surface area (Å²) in [5, 5.41) is 12.9. The molecule has 1 aromatic rings. The predicted octanol–water partition coefficient (Wildman–Crippen LogP) is 7.52. The highest BCUT2D eigenvalue weighted by Gasteiger charge is 2.70. The van der Waals surface area contributed by atoms with Crippen LogP contribution >= 0.6 is 0 Å². The third-order valence-corrected chi connectivity index (χ3v) is 15.4. The number of carbonyl (C=O) groups is 1. The first kappa shape index (κ1) is 31.3. The van der Waals surface area contributed by atoms with E-state index < -0.39 is 0 Å². The van der Waals surface area contributed by atoms with Crippen molar-refractivity contribution in [3.63, 3.8) is 0 Å². The number of nitrogens with zero attached hydrogens (tertiary/aromatic N) is 1. The molecule has 1 heterocycles. The SMILES string of the molecule is C=C(C)[C@@H]1CC[C@]2(C[O-])CC[C@]3(C)C(CCC4[C@@]5(C)CC[C@H](OC(=O)C[n+]6ccc(C)cc6C)C(C)(C)C5CC[C@]43C)C12. The quantitative estimate of drug-likeness (QED) is 0.203. The lowest BCUT2D eigenvalue weighted by molar-refractivity contribution is -0.692. The summed E-state index contributed by atoms with van der Waals surface area (Å²) in [5.74, 6) is 2.78. The number of aromatic nitrogens is 1. The van der Waals surface area contributed by atoms with Crippen LogP contribution in [-0.4, -0.2) is 18.7 Å². The lowest BCUT2D eigenvalue weighted by Crippen LogP contribution is -2.67. The maximum Gasteiger partial charge on any atom is 0.372 e. The number of carbonyl (C=O) groups excluding carboxylic acids is 1. The van der Waals surface area contributed by atoms with Gasteiger partial charge in [0.2, 0.25) is 6.54 Å². The van der Waals surface area contributed by atoms with E-state index in [1.165, 1.54) is 49.7 Å². The number of aryl methyl sites for hydroxylation is 2. The van der Waals surface area contributed by atoms with Crippen LogP contribution in [0.5, 0.6) is 0 Å². The molecule has 5 fully saturated rings. The number of hydrogen-bond donors (Lipinski definition) is 0. The van der Waals surface area contributed by atoms with Gasteiger partial charge in [-0.05, 0) is 135 Å². The first-order chi connectivity index (χ1) is 20.1. The Balaban J connectivity index is 1.24. The Bertz CT molecular complexity index is 1290. The van der Waals surface area contributed by atoms with Gasteiger partial charge in [0.25, 0.3) is 0 Å². The maximum absolute atomic E-state index is 13.3. The van der Waals surface area contributed by atoms with Crippen molar-refractivity contribution < 1.29 is 19.2 Å². The van der Waals surface area contributed by atoms with Crippen LogP contribution in [0, 0.1) is 70.5 Å². The first-order valence-electron chi connectivity index (χ1n) is 17.5. The summed E-state index contributed by atoms with van der Waals surface area (Å²) in [6.07, 6.45) is 13.7. The van der Waals surface area contributed by atoms with Crippen molar-refractivity contribution in [1.29, 1.82) is 0 Å². The van der Waals surface area contributed by atoms with Gasteiger partial charge in [0.05, 0.1) is 0 Å². The zero-order chi connectivity index (χ0) is 31.2. The first-order valence-corrected chi connectivity index (χ1v) is 17.5. The highest BCUT2D eigenvalue weighted by atomic mass is 16.5. The molecule has 1 aromatic heterocycles. The van der Waals surface area contributed by atoms with Crippen molar-refractivity contribution in [2.75, 3.05) is 6.61 Å². The van der Waals surface area contributed by atoms with Crippen molar-refractivity contribution >= 4 is 5.97 Å². The summed E-state index contributed by atoms with van der Waals surface area (Å²) in [5.41, 5.74) is 4.33. The fraction of sp³-hybridized carbons (Fsp3) is 0.795. The second-order valence-electron chi connectivity index (χ2n) is 17.5. The molecule has 0 saturated heterocycles. The minimum atomic E-state index is -0.111. The van der Waals surface area contributed by atoms with Crippen LogP contribution in [0.15, 0.2) is 30.5 Å². The third kappa shape index (κ3) is 4.45. The van der Waals surface area contributed by atoms with Gasteiger partial charge in [0.1, 0.15) is 6.10 Å². The van der Waals surface area contributed by atoms with Gasteiger partial charge in [-0.1, -0.05) is 46.8 Å². The molecule has 0 aliphatic heterocycles. The van der Waals surface area contributed by atoms with E-state index in [1.807, 2.05) is 10.8 Å². The van der Waals surface area contributed by atoms with E-state index >= 15 is 0 Å². The standard InChI is InChI=1S/C39H59NO3/c1-25(2)28-12-18-39(24-41)20-19-37(8)29(34(28)39)10-11-31-36(7)16-14-32(35(5,6)30(36)13-17-38(31,37)9)43-33(42)23-40-21-15-26(3)22-27(40)4/h15,21-22,28-32,34H,1,10-14,16-20,23-24H2,2-9H3/t28-,29?,30?,31?,32-,34?,36-,37+,38+,39+/m0/s1. The van der Waals surface area contributed by atoms with Crippen LogP contribution in [0.2, 0.25) is 0 Å². The molecule has 4 heteroatoms. The molecule has 0 bridgehead atoms. The number of allylic oxidation sites excluding steroid dienone is 1. The number of hydrogen-bond acceptors (Lipinski definition) is 3. The molecule has 4 nitrogen and oxygen atoms in total. The minimum absolute atomic E-state index is 0.00255. The molecule has 5 aliphatic carbocycles. The van der Waals surface area contributed by atoms with E-state index in [-0.39, 0.29) is 52.3 Å². The van der Waals surface area contributed by atoms with Crippen molar-refractivity contribution in [2.24, 2.45) is 56.7 Å². The molecule has 10 atom stereocenters. The molecular formula is C39H59NO3. The van der Waals surface area contributed by atoms with Crippen LogP contribution < -0.4 is 9.67 Å². The van der Waals surface area contributed by atoms with E-state index in [9.17, 15) is 9.90 Å². The summed E-state index contributed by atoms with van der Waals surface area (Å²) >= 11 is 0. The Labute approximate surface area is 262 Å². The second-order valence-corrected chi connectivity index (χ2v) is 17.5. The Hall–Kier alpha value is -1.68. The smallest absolute Gasteiger partial charge is 0.372 e. The summed E-state index contributed by atoms with van der Waals surface area (Å²) < 4.78 is 8.37. The van der Waals surface area contributed by atoms with Crippen LogP contribution in [0.25, 0.3) is 0 Å². The van der Waals surface area contributed by atoms with Crippen molar-refractivity contribution in [3.05, 3.63) is 41.7 Å². The number of fused-ring (bicyclic) bond motifs is 7. The molecule has 0 spiro atoms. The normalized spacial score (nSPS) is 44.9. The van der Waals surface area contributed by atoms with Crippen LogP contribution in [0.3, 0.4) is 0 Å². The number of ether oxygens (including phenoxy) is 1. The molecule has 0 radical (unpaired) electrons. The minimum Gasteiger partial charge on any atom is -0.854 e. The van der Waals surface area contributed by atoms with Gasteiger partial charge in [-0.2, -0.15) is 4.57 Å². The fourth-order valence-corrected chi connectivity index (χ4v) is 13.0. The maximum atomic E-state index is 13.3. The van der Waals surface area contributed by atoms with E-state index in [0.717, 1.165) is 31.4 Å². The van der Waals surface area contributed by atoms with Crippen molar-refractivity contribution in [3.8, 4) is 0 Å². The largest absolute Gasteiger partial charge is 0.854 e. The van der Waals surface area contributed by atoms with Gasteiger partial charge < -0.3 is 9.84 Å². The van der Waals surface area contributed by atoms with E-state index in [2.05, 4.69) is 74.1 Å². The average Bonchev–Trinajstić information content (AvgIpc) is 3.33. The molecule has 4 unspecified atom stereocenters. The molecule has 5 aliphatic rings. The lowest BCUT2D eigenvalue weighted by atomic mass is 9.32. The summed E-state index contributed by atoms with van der Waals surface area (Å²) in [6, 6.07) is 4.18. The van der Waals surface area contributed by atoms with Crippen LogP contribution in [-0.2, 0) is 16.1 Å².